The summed E-state index contributed by atoms with van der Waals surface area (Å²) in [6, 6.07) is 0.403. The molecule has 1 N–H and O–H groups in total. The largest absolute Gasteiger partial charge is 0.395 e. The van der Waals surface area contributed by atoms with Crippen molar-refractivity contribution < 1.29 is 5.11 Å². The Kier molecular flexibility index (Phi) is 4.94. The van der Waals surface area contributed by atoms with Gasteiger partial charge in [0.25, 0.3) is 0 Å². The number of aliphatic hydroxyl groups is 1. The van der Waals surface area contributed by atoms with Crippen molar-refractivity contribution in [3.63, 3.8) is 0 Å². The molecule has 20 heavy (non-hydrogen) atoms. The predicted octanol–water partition coefficient (Wildman–Crippen LogP) is 3.30. The summed E-state index contributed by atoms with van der Waals surface area (Å²) in [5.74, 6) is 0.972. The maximum atomic E-state index is 9.40. The second-order valence-corrected chi connectivity index (χ2v) is 6.25. The number of anilines is 1. The van der Waals surface area contributed by atoms with Crippen molar-refractivity contribution in [3.8, 4) is 0 Å². The first-order chi connectivity index (χ1) is 9.63. The van der Waals surface area contributed by atoms with Gasteiger partial charge in [0, 0.05) is 17.5 Å². The van der Waals surface area contributed by atoms with Crippen LogP contribution in [0.2, 0.25) is 0 Å². The summed E-state index contributed by atoms with van der Waals surface area (Å²) in [7, 11) is 0. The first-order valence-corrected chi connectivity index (χ1v) is 8.03. The van der Waals surface area contributed by atoms with E-state index in [1.54, 1.807) is 17.7 Å². The van der Waals surface area contributed by atoms with Gasteiger partial charge in [-0.05, 0) is 32.3 Å². The van der Waals surface area contributed by atoms with Crippen LogP contribution in [0.15, 0.2) is 6.33 Å². The van der Waals surface area contributed by atoms with Crippen LogP contribution < -0.4 is 4.90 Å². The first kappa shape index (κ1) is 15.2. The molecule has 0 aliphatic rings. The summed E-state index contributed by atoms with van der Waals surface area (Å²) in [5, 5.41) is 10.6. The monoisotopic (exact) mass is 293 g/mol. The van der Waals surface area contributed by atoms with Crippen LogP contribution in [-0.4, -0.2) is 34.3 Å². The molecule has 0 bridgehead atoms. The molecule has 0 aromatic carbocycles. The van der Waals surface area contributed by atoms with E-state index >= 15 is 0 Å². The first-order valence-electron chi connectivity index (χ1n) is 7.22. The van der Waals surface area contributed by atoms with Crippen LogP contribution in [0, 0.1) is 13.8 Å². The molecule has 0 aliphatic carbocycles. The molecule has 2 rings (SSSR count). The van der Waals surface area contributed by atoms with Crippen LogP contribution in [-0.2, 0) is 0 Å². The highest BCUT2D eigenvalue weighted by Crippen LogP contribution is 2.35. The van der Waals surface area contributed by atoms with Crippen LogP contribution in [0.25, 0.3) is 10.2 Å². The zero-order valence-corrected chi connectivity index (χ0v) is 13.5. The average molecular weight is 293 g/mol. The molecule has 0 fully saturated rings. The summed E-state index contributed by atoms with van der Waals surface area (Å²) in [6.45, 7) is 9.38. The number of thiophene rings is 1. The molecule has 0 amide bonds. The lowest BCUT2D eigenvalue weighted by Crippen LogP contribution is -2.37. The Morgan fingerprint density at radius 1 is 1.25 bits per heavy atom. The molecule has 0 radical (unpaired) electrons. The Balaban J connectivity index is 2.58. The minimum atomic E-state index is 0.143. The lowest BCUT2D eigenvalue weighted by atomic mass is 10.1. The molecule has 5 heteroatoms. The molecule has 0 saturated heterocycles. The van der Waals surface area contributed by atoms with Gasteiger partial charge >= 0.3 is 0 Å². The smallest absolute Gasteiger partial charge is 0.141 e. The van der Waals surface area contributed by atoms with Crippen molar-refractivity contribution in [3.05, 3.63) is 16.8 Å². The van der Waals surface area contributed by atoms with Gasteiger partial charge in [0.1, 0.15) is 17.0 Å². The van der Waals surface area contributed by atoms with Gasteiger partial charge in [0.05, 0.1) is 12.0 Å². The van der Waals surface area contributed by atoms with Crippen molar-refractivity contribution in [1.29, 1.82) is 0 Å². The van der Waals surface area contributed by atoms with Crippen molar-refractivity contribution in [1.82, 2.24) is 9.97 Å². The van der Waals surface area contributed by atoms with Crippen molar-refractivity contribution in [2.24, 2.45) is 0 Å². The van der Waals surface area contributed by atoms with Gasteiger partial charge in [-0.1, -0.05) is 13.8 Å². The molecule has 0 saturated carbocycles. The summed E-state index contributed by atoms with van der Waals surface area (Å²) in [4.78, 5) is 13.5. The van der Waals surface area contributed by atoms with Gasteiger partial charge in [-0.2, -0.15) is 0 Å². The van der Waals surface area contributed by atoms with Crippen molar-refractivity contribution >= 4 is 27.4 Å². The SMILES string of the molecule is CCC(CC)N(CCO)c1ncnc2sc(C)c(C)c12. The van der Waals surface area contributed by atoms with Gasteiger partial charge in [-0.3, -0.25) is 0 Å². The van der Waals surface area contributed by atoms with Crippen LogP contribution >= 0.6 is 11.3 Å². The van der Waals surface area contributed by atoms with E-state index in [0.29, 0.717) is 12.6 Å². The number of aliphatic hydroxyl groups excluding tert-OH is 1. The highest BCUT2D eigenvalue weighted by molar-refractivity contribution is 7.18. The van der Waals surface area contributed by atoms with Crippen molar-refractivity contribution in [2.75, 3.05) is 18.1 Å². The Labute approximate surface area is 124 Å². The molecule has 110 valence electrons. The molecule has 0 aliphatic heterocycles. The molecule has 0 spiro atoms. The number of fused-ring (bicyclic) bond motifs is 1. The Morgan fingerprint density at radius 3 is 2.55 bits per heavy atom. The topological polar surface area (TPSA) is 49.2 Å². The fraction of sp³-hybridized carbons (Fsp3) is 0.600. The summed E-state index contributed by atoms with van der Waals surface area (Å²) < 4.78 is 0. The fourth-order valence-electron chi connectivity index (χ4n) is 2.68. The number of aryl methyl sites for hydroxylation is 2. The maximum Gasteiger partial charge on any atom is 0.141 e. The van der Waals surface area contributed by atoms with E-state index < -0.39 is 0 Å². The van der Waals surface area contributed by atoms with Crippen LogP contribution in [0.5, 0.6) is 0 Å². The molecule has 4 nitrogen and oxygen atoms in total. The van der Waals surface area contributed by atoms with Gasteiger partial charge in [-0.25, -0.2) is 9.97 Å². The van der Waals surface area contributed by atoms with Crippen LogP contribution in [0.3, 0.4) is 0 Å². The number of hydrogen-bond donors (Lipinski definition) is 1. The van der Waals surface area contributed by atoms with E-state index in [0.717, 1.165) is 28.9 Å². The van der Waals surface area contributed by atoms with Gasteiger partial charge in [-0.15, -0.1) is 11.3 Å². The van der Waals surface area contributed by atoms with E-state index in [1.807, 2.05) is 0 Å². The van der Waals surface area contributed by atoms with E-state index in [1.165, 1.54) is 10.4 Å². The lowest BCUT2D eigenvalue weighted by molar-refractivity contribution is 0.295. The Bertz CT molecular complexity index is 578. The number of aromatic nitrogens is 2. The highest BCUT2D eigenvalue weighted by Gasteiger charge is 2.21. The normalized spacial score (nSPS) is 11.5. The van der Waals surface area contributed by atoms with Gasteiger partial charge in [0.15, 0.2) is 0 Å². The minimum Gasteiger partial charge on any atom is -0.395 e. The zero-order valence-electron chi connectivity index (χ0n) is 12.7. The predicted molar refractivity (Wildman–Crippen MR) is 85.7 cm³/mol. The summed E-state index contributed by atoms with van der Waals surface area (Å²) >= 11 is 1.72. The molecule has 0 unspecified atom stereocenters. The number of rotatable bonds is 6. The molecular weight excluding hydrogens is 270 g/mol. The Hall–Kier alpha value is -1.20. The van der Waals surface area contributed by atoms with Gasteiger partial charge < -0.3 is 10.0 Å². The molecule has 0 atom stereocenters. The molecule has 2 heterocycles. The van der Waals surface area contributed by atoms with E-state index in [-0.39, 0.29) is 6.61 Å². The number of nitrogens with zero attached hydrogens (tertiary/aromatic N) is 3. The molecule has 2 aromatic rings. The van der Waals surface area contributed by atoms with E-state index in [2.05, 4.69) is 42.6 Å². The second-order valence-electron chi connectivity index (χ2n) is 5.05. The second kappa shape index (κ2) is 6.50. The van der Waals surface area contributed by atoms with Gasteiger partial charge in [0.2, 0.25) is 0 Å². The zero-order chi connectivity index (χ0) is 14.7. The quantitative estimate of drug-likeness (QED) is 0.888. The maximum absolute atomic E-state index is 9.40. The van der Waals surface area contributed by atoms with E-state index in [9.17, 15) is 5.11 Å². The highest BCUT2D eigenvalue weighted by atomic mass is 32.1. The third kappa shape index (κ3) is 2.65. The summed E-state index contributed by atoms with van der Waals surface area (Å²) in [5.41, 5.74) is 1.26. The fourth-order valence-corrected chi connectivity index (χ4v) is 3.67. The number of hydrogen-bond acceptors (Lipinski definition) is 5. The standard InChI is InChI=1S/C15H23N3OS/c1-5-12(6-2)18(7-8-19)14-13-10(3)11(4)20-15(13)17-9-16-14/h9,12,19H,5-8H2,1-4H3. The molecule has 2 aromatic heterocycles. The Morgan fingerprint density at radius 2 is 1.95 bits per heavy atom. The minimum absolute atomic E-state index is 0.143. The summed E-state index contributed by atoms with van der Waals surface area (Å²) in [6.07, 6.45) is 3.73. The van der Waals surface area contributed by atoms with Crippen LogP contribution in [0.1, 0.15) is 37.1 Å². The van der Waals surface area contributed by atoms with E-state index in [4.69, 9.17) is 0 Å². The van der Waals surface area contributed by atoms with Crippen LogP contribution in [0.4, 0.5) is 5.82 Å². The average Bonchev–Trinajstić information content (AvgIpc) is 2.74. The van der Waals surface area contributed by atoms with Crippen molar-refractivity contribution in [2.45, 2.75) is 46.6 Å². The lowest BCUT2D eigenvalue weighted by Gasteiger charge is -2.31. The third-order valence-electron chi connectivity index (χ3n) is 3.94. The third-order valence-corrected chi connectivity index (χ3v) is 5.06. The molecular formula is C15H23N3OS.